The quantitative estimate of drug-likeness (QED) is 0.691. The molecule has 0 atom stereocenters. The molecular weight excluding hydrogens is 180 g/mol. The number of imidazole rings is 1. The number of rotatable bonds is 3. The topological polar surface area (TPSA) is 57.9 Å². The van der Waals surface area contributed by atoms with E-state index in [1.807, 2.05) is 28.8 Å². The van der Waals surface area contributed by atoms with Gasteiger partial charge in [0.15, 0.2) is 0 Å². The highest BCUT2D eigenvalue weighted by Crippen LogP contribution is 2.11. The number of hydrogen-bond acceptors (Lipinski definition) is 3. The van der Waals surface area contributed by atoms with Gasteiger partial charge >= 0.3 is 0 Å². The van der Waals surface area contributed by atoms with Crippen molar-refractivity contribution in [2.75, 3.05) is 0 Å². The van der Waals surface area contributed by atoms with E-state index in [4.69, 9.17) is 0 Å². The number of aromatic nitrogens is 2. The van der Waals surface area contributed by atoms with Gasteiger partial charge in [-0.3, -0.25) is 0 Å². The Labute approximate surface area is 80.8 Å². The lowest BCUT2D eigenvalue weighted by molar-refractivity contribution is -0.305. The first-order valence-corrected chi connectivity index (χ1v) is 4.37. The number of carbonyl (C=O) groups excluding carboxylic acids is 1. The van der Waals surface area contributed by atoms with Crippen molar-refractivity contribution in [3.8, 4) is 0 Å². The molecule has 0 spiro atoms. The van der Waals surface area contributed by atoms with E-state index in [1.165, 1.54) is 0 Å². The largest absolute Gasteiger partial charge is 0.550 e. The van der Waals surface area contributed by atoms with Crippen LogP contribution in [0.1, 0.15) is 6.42 Å². The Bertz CT molecular complexity index is 462. The Morgan fingerprint density at radius 1 is 1.43 bits per heavy atom. The molecule has 0 saturated carbocycles. The van der Waals surface area contributed by atoms with Gasteiger partial charge in [-0.25, -0.2) is 4.98 Å². The molecule has 4 heteroatoms. The highest BCUT2D eigenvalue weighted by atomic mass is 16.4. The molecule has 0 N–H and O–H groups in total. The monoisotopic (exact) mass is 189 g/mol. The van der Waals surface area contributed by atoms with Crippen LogP contribution >= 0.6 is 0 Å². The van der Waals surface area contributed by atoms with Gasteiger partial charge in [0.25, 0.3) is 0 Å². The van der Waals surface area contributed by atoms with Crippen LogP contribution in [0.25, 0.3) is 11.0 Å². The van der Waals surface area contributed by atoms with E-state index in [-0.39, 0.29) is 6.42 Å². The lowest BCUT2D eigenvalue weighted by Crippen LogP contribution is -2.23. The number of fused-ring (bicyclic) bond motifs is 1. The van der Waals surface area contributed by atoms with Gasteiger partial charge in [0.05, 0.1) is 17.4 Å². The van der Waals surface area contributed by atoms with Crippen molar-refractivity contribution in [2.45, 2.75) is 13.0 Å². The number of benzene rings is 1. The third kappa shape index (κ3) is 1.59. The highest BCUT2D eigenvalue weighted by Gasteiger charge is 2.00. The molecule has 0 amide bonds. The summed E-state index contributed by atoms with van der Waals surface area (Å²) in [4.78, 5) is 14.4. The van der Waals surface area contributed by atoms with E-state index in [0.29, 0.717) is 6.54 Å². The second-order valence-corrected chi connectivity index (χ2v) is 3.05. The number of nitrogens with zero attached hydrogens (tertiary/aromatic N) is 2. The summed E-state index contributed by atoms with van der Waals surface area (Å²) in [7, 11) is 0. The zero-order valence-electron chi connectivity index (χ0n) is 7.51. The summed E-state index contributed by atoms with van der Waals surface area (Å²) in [5.74, 6) is -1.04. The molecule has 14 heavy (non-hydrogen) atoms. The Kier molecular flexibility index (Phi) is 2.18. The van der Waals surface area contributed by atoms with Crippen LogP contribution in [0.5, 0.6) is 0 Å². The molecule has 0 radical (unpaired) electrons. The molecule has 2 aromatic rings. The smallest absolute Gasteiger partial charge is 0.0958 e. The van der Waals surface area contributed by atoms with E-state index in [0.717, 1.165) is 11.0 Å². The summed E-state index contributed by atoms with van der Waals surface area (Å²) in [5.41, 5.74) is 1.83. The first-order valence-electron chi connectivity index (χ1n) is 4.37. The Morgan fingerprint density at radius 3 is 3.00 bits per heavy atom. The SMILES string of the molecule is O=C([O-])CCn1cnc2ccccc21. The van der Waals surface area contributed by atoms with Crippen LogP contribution in [0.4, 0.5) is 0 Å². The molecule has 0 saturated heterocycles. The highest BCUT2D eigenvalue weighted by molar-refractivity contribution is 5.75. The Hall–Kier alpha value is -1.84. The van der Waals surface area contributed by atoms with Crippen LogP contribution in [0.2, 0.25) is 0 Å². The van der Waals surface area contributed by atoms with Crippen molar-refractivity contribution >= 4 is 17.0 Å². The minimum Gasteiger partial charge on any atom is -0.550 e. The van der Waals surface area contributed by atoms with Crippen LogP contribution in [0, 0.1) is 0 Å². The summed E-state index contributed by atoms with van der Waals surface area (Å²) in [6.07, 6.45) is 1.66. The molecule has 1 heterocycles. The van der Waals surface area contributed by atoms with Crippen LogP contribution in [-0.2, 0) is 11.3 Å². The van der Waals surface area contributed by atoms with Gasteiger partial charge in [0.1, 0.15) is 0 Å². The van der Waals surface area contributed by atoms with Crippen molar-refractivity contribution in [3.63, 3.8) is 0 Å². The molecule has 2 rings (SSSR count). The maximum Gasteiger partial charge on any atom is 0.0958 e. The Morgan fingerprint density at radius 2 is 2.21 bits per heavy atom. The predicted molar refractivity (Wildman–Crippen MR) is 49.4 cm³/mol. The number of carboxylic acids is 1. The molecule has 72 valence electrons. The number of para-hydroxylation sites is 2. The molecule has 1 aromatic heterocycles. The second kappa shape index (κ2) is 3.49. The summed E-state index contributed by atoms with van der Waals surface area (Å²) < 4.78 is 1.81. The number of aryl methyl sites for hydroxylation is 1. The van der Waals surface area contributed by atoms with Gasteiger partial charge in [-0.05, 0) is 12.1 Å². The lowest BCUT2D eigenvalue weighted by atomic mass is 10.3. The van der Waals surface area contributed by atoms with E-state index in [1.54, 1.807) is 6.33 Å². The number of carbonyl (C=O) groups is 1. The van der Waals surface area contributed by atoms with Gasteiger partial charge in [-0.2, -0.15) is 0 Å². The Balaban J connectivity index is 2.29. The molecule has 0 bridgehead atoms. The maximum absolute atomic E-state index is 10.3. The van der Waals surface area contributed by atoms with Crippen LogP contribution < -0.4 is 5.11 Å². The van der Waals surface area contributed by atoms with Crippen molar-refractivity contribution < 1.29 is 9.90 Å². The first kappa shape index (κ1) is 8.74. The summed E-state index contributed by atoms with van der Waals surface area (Å²) in [6, 6.07) is 7.61. The second-order valence-electron chi connectivity index (χ2n) is 3.05. The molecule has 0 unspecified atom stereocenters. The summed E-state index contributed by atoms with van der Waals surface area (Å²) >= 11 is 0. The van der Waals surface area contributed by atoms with Gasteiger partial charge < -0.3 is 14.5 Å². The minimum absolute atomic E-state index is 0.0142. The van der Waals surface area contributed by atoms with Crippen molar-refractivity contribution in [1.29, 1.82) is 0 Å². The van der Waals surface area contributed by atoms with Gasteiger partial charge in [-0.1, -0.05) is 12.1 Å². The molecule has 0 aliphatic carbocycles. The number of hydrogen-bond donors (Lipinski definition) is 0. The first-order chi connectivity index (χ1) is 6.77. The predicted octanol–water partition coefficient (Wildman–Crippen LogP) is 0.176. The lowest BCUT2D eigenvalue weighted by Gasteiger charge is -2.04. The fraction of sp³-hybridized carbons (Fsp3) is 0.200. The van der Waals surface area contributed by atoms with Gasteiger partial charge in [0, 0.05) is 18.9 Å². The van der Waals surface area contributed by atoms with E-state index >= 15 is 0 Å². The third-order valence-corrected chi connectivity index (χ3v) is 2.08. The normalized spacial score (nSPS) is 10.6. The zero-order chi connectivity index (χ0) is 9.97. The van der Waals surface area contributed by atoms with Crippen LogP contribution in [0.15, 0.2) is 30.6 Å². The van der Waals surface area contributed by atoms with Crippen molar-refractivity contribution in [2.24, 2.45) is 0 Å². The fourth-order valence-electron chi connectivity index (χ4n) is 1.40. The molecule has 0 fully saturated rings. The molecule has 0 aliphatic rings. The average molecular weight is 189 g/mol. The number of aliphatic carboxylic acids is 1. The molecular formula is C10H9N2O2-. The fourth-order valence-corrected chi connectivity index (χ4v) is 1.40. The molecule has 1 aromatic carbocycles. The zero-order valence-corrected chi connectivity index (χ0v) is 7.51. The maximum atomic E-state index is 10.3. The van der Waals surface area contributed by atoms with E-state index < -0.39 is 5.97 Å². The number of carboxylic acid groups (broad SMARTS) is 1. The van der Waals surface area contributed by atoms with Crippen LogP contribution in [0.3, 0.4) is 0 Å². The third-order valence-electron chi connectivity index (χ3n) is 2.08. The summed E-state index contributed by atoms with van der Waals surface area (Å²) in [5, 5.41) is 10.3. The molecule has 4 nitrogen and oxygen atoms in total. The van der Waals surface area contributed by atoms with Gasteiger partial charge in [0.2, 0.25) is 0 Å². The molecule has 0 aliphatic heterocycles. The van der Waals surface area contributed by atoms with Crippen molar-refractivity contribution in [1.82, 2.24) is 9.55 Å². The standard InChI is InChI=1S/C10H10N2O2/c13-10(14)5-6-12-7-11-8-3-1-2-4-9(8)12/h1-4,7H,5-6H2,(H,13,14)/p-1. The van der Waals surface area contributed by atoms with Crippen LogP contribution in [-0.4, -0.2) is 15.5 Å². The van der Waals surface area contributed by atoms with E-state index in [2.05, 4.69) is 4.98 Å². The van der Waals surface area contributed by atoms with Gasteiger partial charge in [-0.15, -0.1) is 0 Å². The van der Waals surface area contributed by atoms with Crippen molar-refractivity contribution in [3.05, 3.63) is 30.6 Å². The minimum atomic E-state index is -1.04. The van der Waals surface area contributed by atoms with E-state index in [9.17, 15) is 9.90 Å². The summed E-state index contributed by atoms with van der Waals surface area (Å²) in [6.45, 7) is 0.406. The average Bonchev–Trinajstić information content (AvgIpc) is 2.58.